The van der Waals surface area contributed by atoms with Crippen LogP contribution in [-0.4, -0.2) is 17.6 Å². The number of hydrogen-bond donors (Lipinski definition) is 1. The third kappa shape index (κ3) is 3.69. The number of thiazole rings is 1. The van der Waals surface area contributed by atoms with E-state index in [1.54, 1.807) is 23.5 Å². The summed E-state index contributed by atoms with van der Waals surface area (Å²) in [6.45, 7) is -2.79. The van der Waals surface area contributed by atoms with Gasteiger partial charge in [-0.15, -0.1) is 11.3 Å². The normalized spacial score (nSPS) is 15.6. The van der Waals surface area contributed by atoms with Crippen molar-refractivity contribution in [3.63, 3.8) is 0 Å². The highest BCUT2D eigenvalue weighted by Crippen LogP contribution is 2.29. The van der Waals surface area contributed by atoms with Crippen LogP contribution in [0.4, 0.5) is 13.9 Å². The van der Waals surface area contributed by atoms with Gasteiger partial charge in [0.15, 0.2) is 5.13 Å². The average molecular weight is 310 g/mol. The molecule has 0 unspecified atom stereocenters. The molecule has 1 fully saturated rings. The van der Waals surface area contributed by atoms with Crippen LogP contribution in [-0.2, 0) is 0 Å². The largest absolute Gasteiger partial charge is 0.435 e. The van der Waals surface area contributed by atoms with Crippen molar-refractivity contribution in [1.82, 2.24) is 4.98 Å². The molecule has 3 rings (SSSR count). The first-order valence-electron chi connectivity index (χ1n) is 6.98. The summed E-state index contributed by atoms with van der Waals surface area (Å²) >= 11 is 1.57. The van der Waals surface area contributed by atoms with Crippen molar-refractivity contribution in [3.8, 4) is 17.0 Å². The van der Waals surface area contributed by atoms with Crippen molar-refractivity contribution in [2.45, 2.75) is 38.3 Å². The van der Waals surface area contributed by atoms with Crippen molar-refractivity contribution in [3.05, 3.63) is 29.6 Å². The molecule has 6 heteroatoms. The summed E-state index contributed by atoms with van der Waals surface area (Å²) in [4.78, 5) is 4.55. The van der Waals surface area contributed by atoms with Crippen molar-refractivity contribution < 1.29 is 13.5 Å². The van der Waals surface area contributed by atoms with Crippen LogP contribution in [0.2, 0.25) is 0 Å². The molecular formula is C15H16F2N2OS. The molecule has 1 aromatic heterocycles. The van der Waals surface area contributed by atoms with Gasteiger partial charge < -0.3 is 10.1 Å². The standard InChI is InChI=1S/C15H16F2N2OS/c16-14(17)20-12-7-5-10(6-8-12)13-9-21-15(19-13)18-11-3-1-2-4-11/h5-9,11,14H,1-4H2,(H,18,19). The maximum Gasteiger partial charge on any atom is 0.387 e. The predicted octanol–water partition coefficient (Wildman–Crippen LogP) is 4.77. The zero-order valence-corrected chi connectivity index (χ0v) is 12.2. The van der Waals surface area contributed by atoms with Gasteiger partial charge in [-0.2, -0.15) is 8.78 Å². The summed E-state index contributed by atoms with van der Waals surface area (Å²) < 4.78 is 28.5. The predicted molar refractivity (Wildman–Crippen MR) is 80.1 cm³/mol. The highest BCUT2D eigenvalue weighted by molar-refractivity contribution is 7.14. The van der Waals surface area contributed by atoms with Crippen molar-refractivity contribution in [1.29, 1.82) is 0 Å². The van der Waals surface area contributed by atoms with Crippen LogP contribution in [0.25, 0.3) is 11.3 Å². The lowest BCUT2D eigenvalue weighted by molar-refractivity contribution is -0.0498. The lowest BCUT2D eigenvalue weighted by atomic mass is 10.2. The van der Waals surface area contributed by atoms with Gasteiger partial charge in [0, 0.05) is 17.0 Å². The molecule has 0 atom stereocenters. The number of benzene rings is 1. The molecule has 0 radical (unpaired) electrons. The SMILES string of the molecule is FC(F)Oc1ccc(-c2csc(NC3CCCC3)n2)cc1. The van der Waals surface area contributed by atoms with Gasteiger partial charge in [-0.1, -0.05) is 12.8 Å². The fraction of sp³-hybridized carbons (Fsp3) is 0.400. The van der Waals surface area contributed by atoms with E-state index in [2.05, 4.69) is 15.0 Å². The van der Waals surface area contributed by atoms with Crippen molar-refractivity contribution in [2.75, 3.05) is 5.32 Å². The van der Waals surface area contributed by atoms with Crippen LogP contribution in [0, 0.1) is 0 Å². The molecule has 1 N–H and O–H groups in total. The summed E-state index contributed by atoms with van der Waals surface area (Å²) in [5.41, 5.74) is 1.75. The minimum absolute atomic E-state index is 0.160. The molecular weight excluding hydrogens is 294 g/mol. The van der Waals surface area contributed by atoms with Gasteiger partial charge in [-0.3, -0.25) is 0 Å². The van der Waals surface area contributed by atoms with Gasteiger partial charge in [0.1, 0.15) is 5.75 Å². The Morgan fingerprint density at radius 3 is 2.57 bits per heavy atom. The lowest BCUT2D eigenvalue weighted by Gasteiger charge is -2.09. The zero-order valence-electron chi connectivity index (χ0n) is 11.4. The van der Waals surface area contributed by atoms with E-state index in [4.69, 9.17) is 0 Å². The minimum Gasteiger partial charge on any atom is -0.435 e. The number of anilines is 1. The molecule has 0 spiro atoms. The van der Waals surface area contributed by atoms with E-state index in [0.29, 0.717) is 6.04 Å². The first-order valence-corrected chi connectivity index (χ1v) is 7.86. The molecule has 1 aliphatic rings. The monoisotopic (exact) mass is 310 g/mol. The van der Waals surface area contributed by atoms with E-state index in [0.717, 1.165) is 16.4 Å². The highest BCUT2D eigenvalue weighted by Gasteiger charge is 2.16. The van der Waals surface area contributed by atoms with Crippen LogP contribution in [0.5, 0.6) is 5.75 Å². The Bertz CT molecular complexity index is 580. The molecule has 2 aromatic rings. The molecule has 0 saturated heterocycles. The Labute approximate surface area is 126 Å². The van der Waals surface area contributed by atoms with E-state index in [1.165, 1.54) is 37.8 Å². The van der Waals surface area contributed by atoms with Crippen molar-refractivity contribution in [2.24, 2.45) is 0 Å². The smallest absolute Gasteiger partial charge is 0.387 e. The molecule has 0 bridgehead atoms. The summed E-state index contributed by atoms with van der Waals surface area (Å²) in [6.07, 6.45) is 4.96. The van der Waals surface area contributed by atoms with Gasteiger partial charge in [0.2, 0.25) is 0 Å². The van der Waals surface area contributed by atoms with Crippen LogP contribution in [0.15, 0.2) is 29.6 Å². The molecule has 0 amide bonds. The second kappa shape index (κ2) is 6.39. The molecule has 21 heavy (non-hydrogen) atoms. The summed E-state index contributed by atoms with van der Waals surface area (Å²) in [5.74, 6) is 0.160. The van der Waals surface area contributed by atoms with E-state index >= 15 is 0 Å². The van der Waals surface area contributed by atoms with Crippen LogP contribution < -0.4 is 10.1 Å². The zero-order chi connectivity index (χ0) is 14.7. The maximum atomic E-state index is 12.1. The molecule has 0 aliphatic heterocycles. The molecule has 3 nitrogen and oxygen atoms in total. The number of ether oxygens (including phenoxy) is 1. The average Bonchev–Trinajstić information content (AvgIpc) is 3.11. The maximum absolute atomic E-state index is 12.1. The number of alkyl halides is 2. The van der Waals surface area contributed by atoms with Gasteiger partial charge in [-0.25, -0.2) is 4.98 Å². The Morgan fingerprint density at radius 2 is 1.90 bits per heavy atom. The van der Waals surface area contributed by atoms with E-state index in [9.17, 15) is 8.78 Å². The highest BCUT2D eigenvalue weighted by atomic mass is 32.1. The Balaban J connectivity index is 1.67. The second-order valence-electron chi connectivity index (χ2n) is 5.07. The minimum atomic E-state index is -2.79. The van der Waals surface area contributed by atoms with Crippen molar-refractivity contribution >= 4 is 16.5 Å². The lowest BCUT2D eigenvalue weighted by Crippen LogP contribution is -2.13. The van der Waals surface area contributed by atoms with Gasteiger partial charge in [-0.05, 0) is 37.1 Å². The first-order chi connectivity index (χ1) is 10.2. The van der Waals surface area contributed by atoms with Gasteiger partial charge in [0.25, 0.3) is 0 Å². The topological polar surface area (TPSA) is 34.1 Å². The third-order valence-electron chi connectivity index (χ3n) is 3.56. The van der Waals surface area contributed by atoms with E-state index < -0.39 is 6.61 Å². The van der Waals surface area contributed by atoms with Crippen LogP contribution >= 0.6 is 11.3 Å². The van der Waals surface area contributed by atoms with Crippen LogP contribution in [0.1, 0.15) is 25.7 Å². The molecule has 1 heterocycles. The summed E-state index contributed by atoms with van der Waals surface area (Å²) in [7, 11) is 0. The fourth-order valence-corrected chi connectivity index (χ4v) is 3.32. The first kappa shape index (κ1) is 14.3. The number of nitrogens with zero attached hydrogens (tertiary/aromatic N) is 1. The molecule has 1 aromatic carbocycles. The number of nitrogens with one attached hydrogen (secondary N) is 1. The van der Waals surface area contributed by atoms with Crippen LogP contribution in [0.3, 0.4) is 0 Å². The van der Waals surface area contributed by atoms with E-state index in [1.807, 2.05) is 5.38 Å². The fourth-order valence-electron chi connectivity index (χ4n) is 2.52. The summed E-state index contributed by atoms with van der Waals surface area (Å²) in [5, 5.41) is 6.35. The van der Waals surface area contributed by atoms with E-state index in [-0.39, 0.29) is 5.75 Å². The molecule has 1 aliphatic carbocycles. The van der Waals surface area contributed by atoms with Gasteiger partial charge in [0.05, 0.1) is 5.69 Å². The van der Waals surface area contributed by atoms with Gasteiger partial charge >= 0.3 is 6.61 Å². The summed E-state index contributed by atoms with van der Waals surface area (Å²) in [6, 6.07) is 7.08. The molecule has 112 valence electrons. The number of aromatic nitrogens is 1. The number of hydrogen-bond acceptors (Lipinski definition) is 4. The number of rotatable bonds is 5. The Kier molecular flexibility index (Phi) is 4.34. The Hall–Kier alpha value is -1.69. The molecule has 1 saturated carbocycles. The Morgan fingerprint density at radius 1 is 1.19 bits per heavy atom. The second-order valence-corrected chi connectivity index (χ2v) is 5.92. The quantitative estimate of drug-likeness (QED) is 0.864. The third-order valence-corrected chi connectivity index (χ3v) is 4.34. The number of halogens is 2.